The summed E-state index contributed by atoms with van der Waals surface area (Å²) in [5, 5.41) is 21.0. The van der Waals surface area contributed by atoms with Gasteiger partial charge < -0.3 is 25.2 Å². The Bertz CT molecular complexity index is 848. The fourth-order valence-electron chi connectivity index (χ4n) is 2.66. The van der Waals surface area contributed by atoms with E-state index in [2.05, 4.69) is 5.32 Å². The summed E-state index contributed by atoms with van der Waals surface area (Å²) in [7, 11) is 0. The lowest BCUT2D eigenvalue weighted by Gasteiger charge is -2.24. The monoisotopic (exact) mass is 386 g/mol. The van der Waals surface area contributed by atoms with Crippen LogP contribution in [0.3, 0.4) is 0 Å². The predicted octanol–water partition coefficient (Wildman–Crippen LogP) is 2.95. The Morgan fingerprint density at radius 3 is 2.21 bits per heavy atom. The molecule has 0 unspecified atom stereocenters. The Hall–Kier alpha value is -3.55. The fourth-order valence-corrected chi connectivity index (χ4v) is 2.66. The lowest BCUT2D eigenvalue weighted by atomic mass is 10.1. The molecule has 0 saturated carbocycles. The molecule has 0 aliphatic rings. The molecule has 2 rings (SSSR count). The second-order valence-electron chi connectivity index (χ2n) is 6.02. The number of hydrogen-bond acceptors (Lipinski definition) is 5. The zero-order valence-corrected chi connectivity index (χ0v) is 15.6. The first kappa shape index (κ1) is 20.8. The van der Waals surface area contributed by atoms with Crippen LogP contribution in [0, 0.1) is 0 Å². The van der Waals surface area contributed by atoms with Gasteiger partial charge in [-0.05, 0) is 43.3 Å². The molecular weight excluding hydrogens is 364 g/mol. The number of likely N-dealkylation sites (N-methyl/N-ethyl adjacent to an activating group) is 1. The molecule has 148 valence electrons. The van der Waals surface area contributed by atoms with Crippen LogP contribution in [0.1, 0.15) is 34.6 Å². The molecule has 0 bridgehead atoms. The van der Waals surface area contributed by atoms with E-state index in [4.69, 9.17) is 14.9 Å². The Kier molecular flexibility index (Phi) is 6.97. The molecule has 0 radical (unpaired) electrons. The van der Waals surface area contributed by atoms with Crippen molar-refractivity contribution in [2.45, 2.75) is 13.8 Å². The van der Waals surface area contributed by atoms with E-state index in [9.17, 15) is 14.4 Å². The summed E-state index contributed by atoms with van der Waals surface area (Å²) < 4.78 is 5.60. The Labute approximate surface area is 162 Å². The number of carboxylic acid groups (broad SMARTS) is 2. The van der Waals surface area contributed by atoms with Gasteiger partial charge in [-0.1, -0.05) is 6.07 Å². The van der Waals surface area contributed by atoms with Crippen LogP contribution in [-0.2, 0) is 4.79 Å². The maximum atomic E-state index is 11.2. The molecule has 2 aromatic rings. The maximum absolute atomic E-state index is 11.2. The van der Waals surface area contributed by atoms with Crippen LogP contribution in [0.4, 0.5) is 11.4 Å². The van der Waals surface area contributed by atoms with Crippen molar-refractivity contribution in [2.75, 3.05) is 29.9 Å². The number of amides is 1. The van der Waals surface area contributed by atoms with Crippen LogP contribution in [0.2, 0.25) is 0 Å². The van der Waals surface area contributed by atoms with E-state index in [1.165, 1.54) is 19.1 Å². The predicted molar refractivity (Wildman–Crippen MR) is 104 cm³/mol. The van der Waals surface area contributed by atoms with Gasteiger partial charge in [-0.25, -0.2) is 9.59 Å². The number of rotatable bonds is 9. The minimum absolute atomic E-state index is 0.148. The summed E-state index contributed by atoms with van der Waals surface area (Å²) in [6.45, 7) is 4.80. The zero-order valence-electron chi connectivity index (χ0n) is 15.6. The average molecular weight is 386 g/mol. The molecule has 0 atom stereocenters. The number of anilines is 2. The molecular formula is C20H22N2O6. The molecule has 1 amide bonds. The van der Waals surface area contributed by atoms with E-state index in [1.54, 1.807) is 6.07 Å². The molecule has 0 fully saturated rings. The van der Waals surface area contributed by atoms with E-state index in [0.717, 1.165) is 11.8 Å². The number of nitrogens with zero attached hydrogens (tertiary/aromatic N) is 1. The number of nitrogens with one attached hydrogen (secondary N) is 1. The summed E-state index contributed by atoms with van der Waals surface area (Å²) in [6, 6.07) is 11.1. The molecule has 8 nitrogen and oxygen atoms in total. The Balaban J connectivity index is 2.07. The van der Waals surface area contributed by atoms with Crippen molar-refractivity contribution in [3.8, 4) is 5.75 Å². The molecule has 3 N–H and O–H groups in total. The quantitative estimate of drug-likeness (QED) is 0.607. The van der Waals surface area contributed by atoms with Crippen molar-refractivity contribution in [1.29, 1.82) is 0 Å². The number of carbonyl (C=O) groups is 3. The Morgan fingerprint density at radius 1 is 1.04 bits per heavy atom. The smallest absolute Gasteiger partial charge is 0.335 e. The molecule has 0 aliphatic carbocycles. The van der Waals surface area contributed by atoms with Crippen LogP contribution in [0.5, 0.6) is 5.75 Å². The van der Waals surface area contributed by atoms with Crippen LogP contribution in [0.15, 0.2) is 42.5 Å². The van der Waals surface area contributed by atoms with Gasteiger partial charge in [0.15, 0.2) is 0 Å². The fraction of sp³-hybridized carbons (Fsp3) is 0.250. The van der Waals surface area contributed by atoms with E-state index < -0.39 is 11.9 Å². The van der Waals surface area contributed by atoms with Crippen molar-refractivity contribution in [2.24, 2.45) is 0 Å². The first-order chi connectivity index (χ1) is 13.3. The number of benzene rings is 2. The molecule has 2 aromatic carbocycles. The largest absolute Gasteiger partial charge is 0.492 e. The van der Waals surface area contributed by atoms with Crippen LogP contribution < -0.4 is 15.0 Å². The average Bonchev–Trinajstić information content (AvgIpc) is 2.64. The molecule has 0 spiro atoms. The maximum Gasteiger partial charge on any atom is 0.335 e. The molecule has 0 saturated heterocycles. The van der Waals surface area contributed by atoms with E-state index in [1.807, 2.05) is 30.0 Å². The van der Waals surface area contributed by atoms with Gasteiger partial charge in [0.25, 0.3) is 0 Å². The number of aromatic carboxylic acids is 2. The summed E-state index contributed by atoms with van der Waals surface area (Å²) in [4.78, 5) is 35.6. The third kappa shape index (κ3) is 5.73. The summed E-state index contributed by atoms with van der Waals surface area (Å²) in [6.07, 6.45) is 0. The van der Waals surface area contributed by atoms with Crippen LogP contribution in [0.25, 0.3) is 0 Å². The summed E-state index contributed by atoms with van der Waals surface area (Å²) in [5.41, 5.74) is 1.28. The van der Waals surface area contributed by atoms with Crippen LogP contribution in [-0.4, -0.2) is 47.8 Å². The highest BCUT2D eigenvalue weighted by Crippen LogP contribution is 2.21. The second-order valence-corrected chi connectivity index (χ2v) is 6.02. The number of hydrogen-bond donors (Lipinski definition) is 3. The molecule has 0 aliphatic heterocycles. The van der Waals surface area contributed by atoms with Gasteiger partial charge in [-0.2, -0.15) is 0 Å². The summed E-state index contributed by atoms with van der Waals surface area (Å²) >= 11 is 0. The standard InChI is InChI=1S/C20H22N2O6/c1-3-22(17-6-4-5-16(12-17)21-13(2)23)7-8-28-18-10-14(19(24)25)9-15(11-18)20(26)27/h4-6,9-12H,3,7-8H2,1-2H3,(H,21,23)(H,24,25)(H,26,27). The van der Waals surface area contributed by atoms with Gasteiger partial charge in [0.1, 0.15) is 12.4 Å². The lowest BCUT2D eigenvalue weighted by Crippen LogP contribution is -2.28. The highest BCUT2D eigenvalue weighted by Gasteiger charge is 2.13. The number of carboxylic acids is 2. The van der Waals surface area contributed by atoms with Gasteiger partial charge >= 0.3 is 11.9 Å². The second kappa shape index (κ2) is 9.40. The molecule has 28 heavy (non-hydrogen) atoms. The lowest BCUT2D eigenvalue weighted by molar-refractivity contribution is -0.114. The van der Waals surface area contributed by atoms with Gasteiger partial charge in [0.05, 0.1) is 17.7 Å². The van der Waals surface area contributed by atoms with Gasteiger partial charge in [0.2, 0.25) is 5.91 Å². The van der Waals surface area contributed by atoms with Crippen molar-refractivity contribution >= 4 is 29.2 Å². The van der Waals surface area contributed by atoms with Crippen molar-refractivity contribution in [3.05, 3.63) is 53.6 Å². The van der Waals surface area contributed by atoms with Crippen molar-refractivity contribution in [3.63, 3.8) is 0 Å². The first-order valence-electron chi connectivity index (χ1n) is 8.67. The molecule has 0 aromatic heterocycles. The highest BCUT2D eigenvalue weighted by molar-refractivity contribution is 5.94. The third-order valence-corrected chi connectivity index (χ3v) is 3.94. The highest BCUT2D eigenvalue weighted by atomic mass is 16.5. The van der Waals surface area contributed by atoms with E-state index in [-0.39, 0.29) is 29.4 Å². The first-order valence-corrected chi connectivity index (χ1v) is 8.67. The van der Waals surface area contributed by atoms with Gasteiger partial charge in [-0.3, -0.25) is 4.79 Å². The van der Waals surface area contributed by atoms with Crippen molar-refractivity contribution < 1.29 is 29.3 Å². The van der Waals surface area contributed by atoms with Gasteiger partial charge in [-0.15, -0.1) is 0 Å². The van der Waals surface area contributed by atoms with E-state index >= 15 is 0 Å². The normalized spacial score (nSPS) is 10.2. The molecule has 0 heterocycles. The van der Waals surface area contributed by atoms with E-state index in [0.29, 0.717) is 18.8 Å². The minimum atomic E-state index is -1.22. The van der Waals surface area contributed by atoms with Gasteiger partial charge in [0, 0.05) is 24.8 Å². The SMILES string of the molecule is CCN(CCOc1cc(C(=O)O)cc(C(=O)O)c1)c1cccc(NC(C)=O)c1. The number of carbonyl (C=O) groups excluding carboxylic acids is 1. The topological polar surface area (TPSA) is 116 Å². The van der Waals surface area contributed by atoms with Crippen molar-refractivity contribution in [1.82, 2.24) is 0 Å². The third-order valence-electron chi connectivity index (χ3n) is 3.94. The Morgan fingerprint density at radius 2 is 1.68 bits per heavy atom. The van der Waals surface area contributed by atoms with Crippen LogP contribution >= 0.6 is 0 Å². The summed E-state index contributed by atoms with van der Waals surface area (Å²) in [5.74, 6) is -2.42. The molecule has 8 heteroatoms. The minimum Gasteiger partial charge on any atom is -0.492 e. The number of ether oxygens (including phenoxy) is 1. The zero-order chi connectivity index (χ0) is 20.7.